The zero-order valence-electron chi connectivity index (χ0n) is 10.5. The molecule has 0 fully saturated rings. The molecule has 0 N–H and O–H groups in total. The smallest absolute Gasteiger partial charge is 0.293 e. The minimum Gasteiger partial charge on any atom is -0.293 e. The fraction of sp³-hybridized carbons (Fsp3) is 0.0714. The Balaban J connectivity index is 2.15. The summed E-state index contributed by atoms with van der Waals surface area (Å²) in [5.41, 5.74) is 1.83. The van der Waals surface area contributed by atoms with Gasteiger partial charge >= 0.3 is 4.87 Å². The van der Waals surface area contributed by atoms with Crippen molar-refractivity contribution in [3.63, 3.8) is 0 Å². The maximum absolute atomic E-state index is 13.4. The third-order valence-electron chi connectivity index (χ3n) is 2.95. The molecule has 3 rings (SSSR count). The summed E-state index contributed by atoms with van der Waals surface area (Å²) >= 11 is 4.28. The second-order valence-corrected chi connectivity index (χ2v) is 6.23. The highest BCUT2D eigenvalue weighted by molar-refractivity contribution is 9.10. The lowest BCUT2D eigenvalue weighted by atomic mass is 10.2. The first-order valence-electron chi connectivity index (χ1n) is 5.91. The molecule has 0 unspecified atom stereocenters. The average Bonchev–Trinajstić information content (AvgIpc) is 2.75. The van der Waals surface area contributed by atoms with E-state index in [2.05, 4.69) is 20.9 Å². The standard InChI is InChI=1S/C14H7BrFN3OS/c15-11-2-10(16)3-12-13(11)19(14(20)21-12)7-9-1-8(4-17)5-18-6-9/h1-3,5-6H,7H2. The van der Waals surface area contributed by atoms with Gasteiger partial charge in [0, 0.05) is 16.9 Å². The van der Waals surface area contributed by atoms with Crippen LogP contribution in [0.2, 0.25) is 0 Å². The van der Waals surface area contributed by atoms with Gasteiger partial charge in [0.2, 0.25) is 0 Å². The van der Waals surface area contributed by atoms with Gasteiger partial charge in [0.1, 0.15) is 11.9 Å². The fourth-order valence-electron chi connectivity index (χ4n) is 2.08. The predicted molar refractivity (Wildman–Crippen MR) is 81.8 cm³/mol. The van der Waals surface area contributed by atoms with Crippen LogP contribution in [0.1, 0.15) is 11.1 Å². The molecule has 104 valence electrons. The van der Waals surface area contributed by atoms with E-state index in [1.54, 1.807) is 16.8 Å². The van der Waals surface area contributed by atoms with Crippen LogP contribution in [-0.4, -0.2) is 9.55 Å². The Morgan fingerprint density at radius 2 is 2.19 bits per heavy atom. The van der Waals surface area contributed by atoms with Gasteiger partial charge in [0.05, 0.1) is 22.3 Å². The Morgan fingerprint density at radius 3 is 2.95 bits per heavy atom. The summed E-state index contributed by atoms with van der Waals surface area (Å²) in [6.07, 6.45) is 3.07. The number of rotatable bonds is 2. The highest BCUT2D eigenvalue weighted by Gasteiger charge is 2.13. The van der Waals surface area contributed by atoms with Crippen LogP contribution in [0.4, 0.5) is 4.39 Å². The number of nitriles is 1. The number of hydrogen-bond acceptors (Lipinski definition) is 4. The van der Waals surface area contributed by atoms with Gasteiger partial charge in [-0.3, -0.25) is 14.3 Å². The molecule has 2 heterocycles. The van der Waals surface area contributed by atoms with Crippen molar-refractivity contribution in [3.05, 3.63) is 61.7 Å². The van der Waals surface area contributed by atoms with Gasteiger partial charge < -0.3 is 0 Å². The van der Waals surface area contributed by atoms with Crippen LogP contribution in [0.5, 0.6) is 0 Å². The Kier molecular flexibility index (Phi) is 3.57. The first-order valence-corrected chi connectivity index (χ1v) is 7.52. The summed E-state index contributed by atoms with van der Waals surface area (Å²) in [5.74, 6) is -0.393. The summed E-state index contributed by atoms with van der Waals surface area (Å²) in [5, 5.41) is 8.88. The molecule has 21 heavy (non-hydrogen) atoms. The van der Waals surface area contributed by atoms with Gasteiger partial charge in [0.25, 0.3) is 0 Å². The van der Waals surface area contributed by atoms with Crippen molar-refractivity contribution in [2.75, 3.05) is 0 Å². The van der Waals surface area contributed by atoms with Crippen molar-refractivity contribution in [1.29, 1.82) is 5.26 Å². The molecule has 2 aromatic heterocycles. The van der Waals surface area contributed by atoms with E-state index in [0.717, 1.165) is 16.9 Å². The average molecular weight is 364 g/mol. The molecule has 7 heteroatoms. The van der Waals surface area contributed by atoms with E-state index >= 15 is 0 Å². The fourth-order valence-corrected chi connectivity index (χ4v) is 3.80. The minimum absolute atomic E-state index is 0.182. The van der Waals surface area contributed by atoms with E-state index < -0.39 is 5.82 Å². The van der Waals surface area contributed by atoms with Gasteiger partial charge in [-0.05, 0) is 39.7 Å². The van der Waals surface area contributed by atoms with Crippen molar-refractivity contribution in [1.82, 2.24) is 9.55 Å². The maximum atomic E-state index is 13.4. The van der Waals surface area contributed by atoms with E-state index in [1.165, 1.54) is 18.3 Å². The minimum atomic E-state index is -0.393. The molecule has 0 aliphatic rings. The van der Waals surface area contributed by atoms with Crippen molar-refractivity contribution in [3.8, 4) is 6.07 Å². The van der Waals surface area contributed by atoms with E-state index in [9.17, 15) is 9.18 Å². The molecule has 0 spiro atoms. The maximum Gasteiger partial charge on any atom is 0.308 e. The molecule has 0 bridgehead atoms. The third-order valence-corrected chi connectivity index (χ3v) is 4.48. The van der Waals surface area contributed by atoms with Crippen LogP contribution in [-0.2, 0) is 6.54 Å². The van der Waals surface area contributed by atoms with Crippen LogP contribution in [0, 0.1) is 17.1 Å². The summed E-state index contributed by atoms with van der Waals surface area (Å²) in [4.78, 5) is 15.9. The van der Waals surface area contributed by atoms with Crippen molar-refractivity contribution in [2.45, 2.75) is 6.54 Å². The van der Waals surface area contributed by atoms with E-state index in [0.29, 0.717) is 20.3 Å². The largest absolute Gasteiger partial charge is 0.308 e. The third kappa shape index (κ3) is 2.60. The normalized spacial score (nSPS) is 10.7. The number of thiazole rings is 1. The number of nitrogens with zero attached hydrogens (tertiary/aromatic N) is 3. The molecule has 0 atom stereocenters. The number of benzene rings is 1. The van der Waals surface area contributed by atoms with Crippen LogP contribution in [0.15, 0.2) is 39.9 Å². The number of aromatic nitrogens is 2. The summed E-state index contributed by atoms with van der Waals surface area (Å²) in [6, 6.07) is 6.36. The number of halogens is 2. The summed E-state index contributed by atoms with van der Waals surface area (Å²) in [7, 11) is 0. The van der Waals surface area contributed by atoms with Crippen LogP contribution in [0.25, 0.3) is 10.2 Å². The van der Waals surface area contributed by atoms with Gasteiger partial charge in [-0.2, -0.15) is 5.26 Å². The number of pyridine rings is 1. The molecule has 4 nitrogen and oxygen atoms in total. The molecular formula is C14H7BrFN3OS. The second-order valence-electron chi connectivity index (χ2n) is 4.38. The molecule has 0 saturated carbocycles. The van der Waals surface area contributed by atoms with Crippen LogP contribution < -0.4 is 4.87 Å². The lowest BCUT2D eigenvalue weighted by molar-refractivity contribution is 0.628. The van der Waals surface area contributed by atoms with E-state index in [4.69, 9.17) is 5.26 Å². The molecule has 0 aliphatic heterocycles. The van der Waals surface area contributed by atoms with Crippen LogP contribution in [0.3, 0.4) is 0 Å². The molecule has 0 amide bonds. The van der Waals surface area contributed by atoms with Gasteiger partial charge in [0.15, 0.2) is 0 Å². The van der Waals surface area contributed by atoms with Crippen molar-refractivity contribution >= 4 is 37.5 Å². The van der Waals surface area contributed by atoms with E-state index in [-0.39, 0.29) is 11.4 Å². The van der Waals surface area contributed by atoms with E-state index in [1.807, 2.05) is 6.07 Å². The first-order chi connectivity index (χ1) is 10.1. The molecular weight excluding hydrogens is 357 g/mol. The van der Waals surface area contributed by atoms with Gasteiger partial charge in [-0.25, -0.2) is 4.39 Å². The Labute approximate surface area is 131 Å². The van der Waals surface area contributed by atoms with Gasteiger partial charge in [-0.1, -0.05) is 11.3 Å². The van der Waals surface area contributed by atoms with Crippen molar-refractivity contribution in [2.24, 2.45) is 0 Å². The zero-order valence-corrected chi connectivity index (χ0v) is 12.9. The lowest BCUT2D eigenvalue weighted by Gasteiger charge is -2.05. The first kappa shape index (κ1) is 13.9. The number of fused-ring (bicyclic) bond motifs is 1. The Bertz CT molecular complexity index is 942. The SMILES string of the molecule is N#Cc1cncc(Cn2c(=O)sc3cc(F)cc(Br)c32)c1. The molecule has 0 saturated heterocycles. The summed E-state index contributed by atoms with van der Waals surface area (Å²) in [6.45, 7) is 0.283. The second kappa shape index (κ2) is 5.39. The quantitative estimate of drug-likeness (QED) is 0.701. The lowest BCUT2D eigenvalue weighted by Crippen LogP contribution is -2.14. The topological polar surface area (TPSA) is 58.7 Å². The van der Waals surface area contributed by atoms with Crippen molar-refractivity contribution < 1.29 is 4.39 Å². The molecule has 0 aliphatic carbocycles. The molecule has 1 aromatic carbocycles. The Hall–Kier alpha value is -2.04. The summed E-state index contributed by atoms with van der Waals surface area (Å²) < 4.78 is 16.0. The van der Waals surface area contributed by atoms with Gasteiger partial charge in [-0.15, -0.1) is 0 Å². The Morgan fingerprint density at radius 1 is 1.38 bits per heavy atom. The zero-order chi connectivity index (χ0) is 15.0. The highest BCUT2D eigenvalue weighted by atomic mass is 79.9. The molecule has 3 aromatic rings. The molecule has 0 radical (unpaired) electrons. The number of hydrogen-bond donors (Lipinski definition) is 0. The highest BCUT2D eigenvalue weighted by Crippen LogP contribution is 2.27. The monoisotopic (exact) mass is 363 g/mol. The predicted octanol–water partition coefficient (Wildman–Crippen LogP) is 3.28. The van der Waals surface area contributed by atoms with Crippen LogP contribution >= 0.6 is 27.3 Å².